The van der Waals surface area contributed by atoms with Gasteiger partial charge in [0.1, 0.15) is 0 Å². The molecule has 1 heterocycles. The van der Waals surface area contributed by atoms with E-state index in [2.05, 4.69) is 32.8 Å². The summed E-state index contributed by atoms with van der Waals surface area (Å²) in [4.78, 5) is 14.2. The van der Waals surface area contributed by atoms with Gasteiger partial charge in [-0.1, -0.05) is 39.4 Å². The average Bonchev–Trinajstić information content (AvgIpc) is 2.14. The summed E-state index contributed by atoms with van der Waals surface area (Å²) in [5.74, 6) is 4.38. The number of carboxylic acid groups (broad SMARTS) is 1. The van der Waals surface area contributed by atoms with Crippen molar-refractivity contribution in [1.29, 1.82) is 0 Å². The number of alkyl halides is 1. The van der Waals surface area contributed by atoms with Crippen LogP contribution in [0.15, 0.2) is 12.3 Å². The Hall–Kier alpha value is -1.05. The Morgan fingerprint density at radius 3 is 2.93 bits per heavy atom. The van der Waals surface area contributed by atoms with Gasteiger partial charge in [-0.3, -0.25) is 0 Å². The molecule has 5 heteroatoms. The number of carbonyl (C=O) groups is 1. The van der Waals surface area contributed by atoms with Crippen molar-refractivity contribution >= 4 is 33.5 Å². The van der Waals surface area contributed by atoms with E-state index in [1.54, 1.807) is 0 Å². The van der Waals surface area contributed by atoms with Crippen LogP contribution >= 0.6 is 27.5 Å². The molecule has 0 saturated carbocycles. The third kappa shape index (κ3) is 2.72. The number of carboxylic acids is 1. The number of pyridine rings is 1. The molecular formula is C9H5BrClNO2. The Labute approximate surface area is 94.2 Å². The smallest absolute Gasteiger partial charge is 0.356 e. The first-order valence-corrected chi connectivity index (χ1v) is 5.08. The molecule has 0 aliphatic rings. The third-order valence-electron chi connectivity index (χ3n) is 1.34. The van der Waals surface area contributed by atoms with Crippen LogP contribution in [0.5, 0.6) is 0 Å². The number of aromatic nitrogens is 1. The molecular weight excluding hydrogens is 269 g/mol. The Morgan fingerprint density at radius 1 is 1.71 bits per heavy atom. The standard InChI is InChI=1S/C9H5BrClNO2/c10-3-1-2-6-4-7(11)8(9(13)14)12-5-6/h4-5H,3H2,(H,13,14). The molecule has 0 amide bonds. The molecule has 72 valence electrons. The second kappa shape index (κ2) is 4.99. The molecule has 0 spiro atoms. The molecule has 0 unspecified atom stereocenters. The van der Waals surface area contributed by atoms with Crippen LogP contribution in [0, 0.1) is 11.8 Å². The van der Waals surface area contributed by atoms with Crippen molar-refractivity contribution in [2.24, 2.45) is 0 Å². The molecule has 1 rings (SSSR count). The van der Waals surface area contributed by atoms with E-state index < -0.39 is 5.97 Å². The van der Waals surface area contributed by atoms with Crippen molar-refractivity contribution in [2.75, 3.05) is 5.33 Å². The molecule has 0 aromatic carbocycles. The summed E-state index contributed by atoms with van der Waals surface area (Å²) in [5.41, 5.74) is 0.440. The molecule has 0 radical (unpaired) electrons. The lowest BCUT2D eigenvalue weighted by Crippen LogP contribution is -2.01. The highest BCUT2D eigenvalue weighted by Crippen LogP contribution is 2.14. The normalized spacial score (nSPS) is 9.00. The van der Waals surface area contributed by atoms with Crippen LogP contribution < -0.4 is 0 Å². The minimum absolute atomic E-state index is 0.0962. The maximum Gasteiger partial charge on any atom is 0.356 e. The van der Waals surface area contributed by atoms with Crippen molar-refractivity contribution in [3.63, 3.8) is 0 Å². The fourth-order valence-electron chi connectivity index (χ4n) is 0.799. The fourth-order valence-corrected chi connectivity index (χ4v) is 1.19. The van der Waals surface area contributed by atoms with Gasteiger partial charge in [0.25, 0.3) is 0 Å². The van der Waals surface area contributed by atoms with Gasteiger partial charge in [0.05, 0.1) is 10.4 Å². The molecule has 0 aliphatic heterocycles. The number of aromatic carboxylic acids is 1. The Balaban J connectivity index is 3.06. The minimum atomic E-state index is -1.14. The van der Waals surface area contributed by atoms with Crippen molar-refractivity contribution in [2.45, 2.75) is 0 Å². The summed E-state index contributed by atoms with van der Waals surface area (Å²) < 4.78 is 0. The lowest BCUT2D eigenvalue weighted by atomic mass is 10.2. The van der Waals surface area contributed by atoms with Crippen LogP contribution in [0.1, 0.15) is 16.1 Å². The van der Waals surface area contributed by atoms with Crippen LogP contribution in [-0.4, -0.2) is 21.4 Å². The summed E-state index contributed by atoms with van der Waals surface area (Å²) in [6.45, 7) is 0. The summed E-state index contributed by atoms with van der Waals surface area (Å²) in [5, 5.41) is 9.29. The first-order chi connectivity index (χ1) is 6.65. The van der Waals surface area contributed by atoms with Gasteiger partial charge in [0.2, 0.25) is 0 Å². The maximum atomic E-state index is 10.6. The summed E-state index contributed by atoms with van der Waals surface area (Å²) >= 11 is 8.82. The van der Waals surface area contributed by atoms with E-state index in [0.717, 1.165) is 0 Å². The van der Waals surface area contributed by atoms with E-state index in [1.807, 2.05) is 0 Å². The van der Waals surface area contributed by atoms with Crippen LogP contribution in [-0.2, 0) is 0 Å². The second-order valence-corrected chi connectivity index (χ2v) is 3.26. The highest BCUT2D eigenvalue weighted by Gasteiger charge is 2.09. The number of hydrogen-bond donors (Lipinski definition) is 1. The van der Waals surface area contributed by atoms with Gasteiger partial charge in [-0.25, -0.2) is 9.78 Å². The molecule has 0 fully saturated rings. The average molecular weight is 275 g/mol. The van der Waals surface area contributed by atoms with Gasteiger partial charge in [0, 0.05) is 11.8 Å². The molecule has 0 saturated heterocycles. The van der Waals surface area contributed by atoms with Crippen molar-refractivity contribution in [3.05, 3.63) is 28.5 Å². The van der Waals surface area contributed by atoms with Crippen molar-refractivity contribution < 1.29 is 9.90 Å². The Morgan fingerprint density at radius 2 is 2.43 bits per heavy atom. The predicted molar refractivity (Wildman–Crippen MR) is 56.9 cm³/mol. The van der Waals surface area contributed by atoms with Crippen LogP contribution in [0.4, 0.5) is 0 Å². The van der Waals surface area contributed by atoms with E-state index in [9.17, 15) is 4.79 Å². The fraction of sp³-hybridized carbons (Fsp3) is 0.111. The Kier molecular flexibility index (Phi) is 3.93. The largest absolute Gasteiger partial charge is 0.476 e. The molecule has 0 atom stereocenters. The lowest BCUT2D eigenvalue weighted by Gasteiger charge is -1.97. The zero-order valence-electron chi connectivity index (χ0n) is 6.92. The van der Waals surface area contributed by atoms with Gasteiger partial charge in [-0.15, -0.1) is 0 Å². The summed E-state index contributed by atoms with van der Waals surface area (Å²) in [6, 6.07) is 1.48. The van der Waals surface area contributed by atoms with Crippen LogP contribution in [0.2, 0.25) is 5.02 Å². The van der Waals surface area contributed by atoms with Gasteiger partial charge in [0.15, 0.2) is 5.69 Å². The van der Waals surface area contributed by atoms with E-state index >= 15 is 0 Å². The van der Waals surface area contributed by atoms with Gasteiger partial charge >= 0.3 is 5.97 Å². The van der Waals surface area contributed by atoms with E-state index in [4.69, 9.17) is 16.7 Å². The quantitative estimate of drug-likeness (QED) is 0.631. The topological polar surface area (TPSA) is 50.2 Å². The molecule has 1 aromatic rings. The Bertz CT molecular complexity index is 423. The molecule has 0 aliphatic carbocycles. The maximum absolute atomic E-state index is 10.6. The number of halogens is 2. The van der Waals surface area contributed by atoms with Crippen LogP contribution in [0.3, 0.4) is 0 Å². The van der Waals surface area contributed by atoms with Crippen molar-refractivity contribution in [3.8, 4) is 11.8 Å². The number of nitrogens with zero attached hydrogens (tertiary/aromatic N) is 1. The highest BCUT2D eigenvalue weighted by molar-refractivity contribution is 9.09. The second-order valence-electron chi connectivity index (χ2n) is 2.29. The summed E-state index contributed by atoms with van der Waals surface area (Å²) in [6.07, 6.45) is 1.38. The zero-order valence-corrected chi connectivity index (χ0v) is 9.26. The third-order valence-corrected chi connectivity index (χ3v) is 1.91. The molecule has 3 nitrogen and oxygen atoms in total. The molecule has 1 aromatic heterocycles. The van der Waals surface area contributed by atoms with E-state index in [-0.39, 0.29) is 10.7 Å². The monoisotopic (exact) mass is 273 g/mol. The highest BCUT2D eigenvalue weighted by atomic mass is 79.9. The molecule has 14 heavy (non-hydrogen) atoms. The van der Waals surface area contributed by atoms with Gasteiger partial charge in [-0.2, -0.15) is 0 Å². The molecule has 1 N–H and O–H groups in total. The van der Waals surface area contributed by atoms with Crippen LogP contribution in [0.25, 0.3) is 0 Å². The minimum Gasteiger partial charge on any atom is -0.476 e. The first-order valence-electron chi connectivity index (χ1n) is 3.59. The van der Waals surface area contributed by atoms with Crippen molar-refractivity contribution in [1.82, 2.24) is 4.98 Å². The number of rotatable bonds is 1. The van der Waals surface area contributed by atoms with E-state index in [0.29, 0.717) is 10.9 Å². The zero-order chi connectivity index (χ0) is 10.6. The van der Waals surface area contributed by atoms with Gasteiger partial charge < -0.3 is 5.11 Å². The number of hydrogen-bond acceptors (Lipinski definition) is 2. The SMILES string of the molecule is O=C(O)c1ncc(C#CCBr)cc1Cl. The lowest BCUT2D eigenvalue weighted by molar-refractivity contribution is 0.0690. The van der Waals surface area contributed by atoms with E-state index in [1.165, 1.54) is 12.3 Å². The first kappa shape index (κ1) is 11.0. The van der Waals surface area contributed by atoms with Gasteiger partial charge in [-0.05, 0) is 6.07 Å². The summed E-state index contributed by atoms with van der Waals surface area (Å²) in [7, 11) is 0. The molecule has 0 bridgehead atoms. The predicted octanol–water partition coefficient (Wildman–Crippen LogP) is 2.18.